The maximum absolute atomic E-state index is 5.40. The van der Waals surface area contributed by atoms with Gasteiger partial charge in [0.05, 0.1) is 0 Å². The first-order valence-electron chi connectivity index (χ1n) is 17.6. The second-order valence-electron chi connectivity index (χ2n) is 12.3. The van der Waals surface area contributed by atoms with E-state index in [1.807, 2.05) is 0 Å². The van der Waals surface area contributed by atoms with E-state index in [9.17, 15) is 0 Å². The fourth-order valence-corrected chi connectivity index (χ4v) is 8.13. The van der Waals surface area contributed by atoms with Crippen LogP contribution in [-0.4, -0.2) is 62.3 Å². The van der Waals surface area contributed by atoms with Crippen LogP contribution in [0, 0.1) is 0 Å². The van der Waals surface area contributed by atoms with Crippen LogP contribution >= 0.6 is 0 Å². The third kappa shape index (κ3) is 4.14. The highest BCUT2D eigenvalue weighted by atomic mass is 15.2. The molecule has 7 aromatic rings. The summed E-state index contributed by atoms with van der Waals surface area (Å²) in [5.41, 5.74) is 0. The molecule has 0 amide bonds. The molecule has 0 aliphatic rings. The predicted octanol–water partition coefficient (Wildman–Crippen LogP) is 9.66. The fourth-order valence-electron chi connectivity index (χ4n) is 8.13. The van der Waals surface area contributed by atoms with Gasteiger partial charge < -0.3 is 19.6 Å². The maximum atomic E-state index is 5.40. The Morgan fingerprint density at radius 1 is 0.304 bits per heavy atom. The van der Waals surface area contributed by atoms with Gasteiger partial charge in [0.15, 0.2) is 0 Å². The van der Waals surface area contributed by atoms with Crippen LogP contribution in [0.2, 0.25) is 0 Å². The quantitative estimate of drug-likeness (QED) is 0.101. The Morgan fingerprint density at radius 3 is 0.674 bits per heavy atom. The smallest absolute Gasteiger partial charge is 0.138 e. The SMILES string of the molecule is CCN(CC)c1nc(N(CC)CC)c2ccc3c4ccc5c(N(CC)CC)nc(N(CC)CC)c6ccc(c7ccc1c2c73)c4c65. The second kappa shape index (κ2) is 11.8. The number of nitrogens with zero attached hydrogens (tertiary/aromatic N) is 6. The number of pyridine rings is 2. The van der Waals surface area contributed by atoms with Gasteiger partial charge in [-0.3, -0.25) is 0 Å². The molecule has 0 N–H and O–H groups in total. The molecular weight excluding hydrogens is 564 g/mol. The fraction of sp³-hybridized carbons (Fsp3) is 0.400. The van der Waals surface area contributed by atoms with E-state index in [0.717, 1.165) is 75.6 Å². The highest BCUT2D eigenvalue weighted by Crippen LogP contribution is 2.49. The van der Waals surface area contributed by atoms with Gasteiger partial charge in [-0.2, -0.15) is 0 Å². The van der Waals surface area contributed by atoms with E-state index in [1.54, 1.807) is 0 Å². The Balaban J connectivity index is 1.69. The van der Waals surface area contributed by atoms with Crippen molar-refractivity contribution >= 4 is 87.9 Å². The van der Waals surface area contributed by atoms with Crippen molar-refractivity contribution in [2.24, 2.45) is 0 Å². The topological polar surface area (TPSA) is 38.7 Å². The molecule has 46 heavy (non-hydrogen) atoms. The summed E-state index contributed by atoms with van der Waals surface area (Å²) in [4.78, 5) is 20.5. The summed E-state index contributed by atoms with van der Waals surface area (Å²) in [7, 11) is 0. The van der Waals surface area contributed by atoms with Crippen molar-refractivity contribution in [1.29, 1.82) is 0 Å². The van der Waals surface area contributed by atoms with Crippen LogP contribution in [0.5, 0.6) is 0 Å². The highest BCUT2D eigenvalue weighted by Gasteiger charge is 2.25. The summed E-state index contributed by atoms with van der Waals surface area (Å²) in [6, 6.07) is 18.9. The zero-order chi connectivity index (χ0) is 32.3. The highest BCUT2D eigenvalue weighted by molar-refractivity contribution is 6.41. The predicted molar refractivity (Wildman–Crippen MR) is 204 cm³/mol. The van der Waals surface area contributed by atoms with Gasteiger partial charge >= 0.3 is 0 Å². The van der Waals surface area contributed by atoms with Crippen LogP contribution in [-0.2, 0) is 0 Å². The zero-order valence-electron chi connectivity index (χ0n) is 29.0. The number of hydrogen-bond acceptors (Lipinski definition) is 6. The molecule has 0 saturated heterocycles. The zero-order valence-corrected chi connectivity index (χ0v) is 29.0. The minimum absolute atomic E-state index is 0.925. The molecule has 2 heterocycles. The van der Waals surface area contributed by atoms with Gasteiger partial charge in [-0.25, -0.2) is 9.97 Å². The Kier molecular flexibility index (Phi) is 7.78. The van der Waals surface area contributed by atoms with E-state index in [4.69, 9.17) is 9.97 Å². The average Bonchev–Trinajstić information content (AvgIpc) is 3.10. The molecule has 6 nitrogen and oxygen atoms in total. The number of aromatic nitrogens is 2. The molecule has 0 aliphatic heterocycles. The average molecular weight is 613 g/mol. The molecule has 0 radical (unpaired) electrons. The summed E-state index contributed by atoms with van der Waals surface area (Å²) < 4.78 is 0. The standard InChI is InChI=1S/C40H48N6/c1-9-43(10-2)37-29-21-17-25-27-19-23-31-36-32(40(46(15-7)16-8)42-39(31)45(13-5)14-6)24-20-28(34(27)36)26-18-22-30(35(29)33(25)26)38(41-37)44(11-3)12-4/h17-24H,9-16H2,1-8H3. The van der Waals surface area contributed by atoms with Crippen molar-refractivity contribution in [1.82, 2.24) is 9.97 Å². The minimum atomic E-state index is 0.925. The van der Waals surface area contributed by atoms with Crippen molar-refractivity contribution in [3.05, 3.63) is 48.5 Å². The summed E-state index contributed by atoms with van der Waals surface area (Å²) in [6.45, 7) is 25.3. The van der Waals surface area contributed by atoms with Gasteiger partial charge in [-0.15, -0.1) is 0 Å². The summed E-state index contributed by atoms with van der Waals surface area (Å²) in [5.74, 6) is 4.38. The van der Waals surface area contributed by atoms with Gasteiger partial charge in [0.2, 0.25) is 0 Å². The molecule has 0 aliphatic carbocycles. The molecule has 2 aromatic heterocycles. The molecular formula is C40H48N6. The van der Waals surface area contributed by atoms with Crippen LogP contribution in [0.15, 0.2) is 48.5 Å². The lowest BCUT2D eigenvalue weighted by atomic mass is 9.85. The number of anilines is 4. The second-order valence-corrected chi connectivity index (χ2v) is 12.3. The van der Waals surface area contributed by atoms with Gasteiger partial charge in [-0.05, 0) is 112 Å². The van der Waals surface area contributed by atoms with Crippen molar-refractivity contribution < 1.29 is 0 Å². The van der Waals surface area contributed by atoms with Crippen molar-refractivity contribution in [3.8, 4) is 0 Å². The normalized spacial score (nSPS) is 12.2. The number of hydrogen-bond donors (Lipinski definition) is 0. The summed E-state index contributed by atoms with van der Waals surface area (Å²) in [6.07, 6.45) is 0. The molecule has 0 fully saturated rings. The lowest BCUT2D eigenvalue weighted by Crippen LogP contribution is -2.27. The summed E-state index contributed by atoms with van der Waals surface area (Å²) in [5, 5.41) is 15.7. The molecule has 0 bridgehead atoms. The van der Waals surface area contributed by atoms with Crippen LogP contribution < -0.4 is 19.6 Å². The van der Waals surface area contributed by atoms with E-state index in [-0.39, 0.29) is 0 Å². The molecule has 238 valence electrons. The van der Waals surface area contributed by atoms with E-state index in [2.05, 4.69) is 124 Å². The first kappa shape index (κ1) is 30.3. The molecule has 0 unspecified atom stereocenters. The Labute approximate surface area is 273 Å². The lowest BCUT2D eigenvalue weighted by Gasteiger charge is -2.29. The van der Waals surface area contributed by atoms with E-state index < -0.39 is 0 Å². The minimum Gasteiger partial charge on any atom is -0.357 e. The Bertz CT molecular complexity index is 1870. The molecule has 0 spiro atoms. The Hall–Kier alpha value is -4.32. The van der Waals surface area contributed by atoms with Crippen molar-refractivity contribution in [2.45, 2.75) is 55.4 Å². The maximum Gasteiger partial charge on any atom is 0.138 e. The summed E-state index contributed by atoms with van der Waals surface area (Å²) >= 11 is 0. The Morgan fingerprint density at radius 2 is 0.478 bits per heavy atom. The van der Waals surface area contributed by atoms with E-state index in [1.165, 1.54) is 64.6 Å². The van der Waals surface area contributed by atoms with E-state index >= 15 is 0 Å². The molecule has 5 aromatic carbocycles. The van der Waals surface area contributed by atoms with Gasteiger partial charge in [0, 0.05) is 84.7 Å². The van der Waals surface area contributed by atoms with Crippen LogP contribution in [0.3, 0.4) is 0 Å². The molecule has 7 rings (SSSR count). The lowest BCUT2D eigenvalue weighted by molar-refractivity contribution is 0.827. The third-order valence-electron chi connectivity index (χ3n) is 10.5. The van der Waals surface area contributed by atoms with Crippen LogP contribution in [0.1, 0.15) is 55.4 Å². The van der Waals surface area contributed by atoms with Gasteiger partial charge in [0.1, 0.15) is 23.3 Å². The third-order valence-corrected chi connectivity index (χ3v) is 10.5. The first-order valence-corrected chi connectivity index (χ1v) is 17.6. The van der Waals surface area contributed by atoms with Crippen LogP contribution in [0.4, 0.5) is 23.3 Å². The number of benzene rings is 5. The van der Waals surface area contributed by atoms with Crippen molar-refractivity contribution in [2.75, 3.05) is 72.0 Å². The molecule has 0 saturated carbocycles. The molecule has 0 atom stereocenters. The van der Waals surface area contributed by atoms with Crippen LogP contribution in [0.25, 0.3) is 64.6 Å². The number of fused-ring (bicyclic) bond motifs is 2. The molecule has 6 heteroatoms. The number of rotatable bonds is 12. The monoisotopic (exact) mass is 612 g/mol. The largest absolute Gasteiger partial charge is 0.357 e. The van der Waals surface area contributed by atoms with Crippen molar-refractivity contribution in [3.63, 3.8) is 0 Å². The van der Waals surface area contributed by atoms with Gasteiger partial charge in [-0.1, -0.05) is 24.3 Å². The van der Waals surface area contributed by atoms with E-state index in [0.29, 0.717) is 0 Å². The first-order chi connectivity index (χ1) is 22.5. The van der Waals surface area contributed by atoms with Gasteiger partial charge in [0.25, 0.3) is 0 Å².